The molecule has 1 aromatic rings. The van der Waals surface area contributed by atoms with Gasteiger partial charge in [0.05, 0.1) is 6.20 Å². The van der Waals surface area contributed by atoms with Crippen LogP contribution in [0.25, 0.3) is 0 Å². The van der Waals surface area contributed by atoms with E-state index in [9.17, 15) is 0 Å². The van der Waals surface area contributed by atoms with Crippen LogP contribution in [0.1, 0.15) is 50.3 Å². The smallest absolute Gasteiger partial charge is 0.0522 e. The Morgan fingerprint density at radius 1 is 1.35 bits per heavy atom. The van der Waals surface area contributed by atoms with Crippen LogP contribution < -0.4 is 5.32 Å². The maximum Gasteiger partial charge on any atom is 0.0522 e. The minimum atomic E-state index is 0.775. The van der Waals surface area contributed by atoms with E-state index in [4.69, 9.17) is 0 Å². The molecule has 17 heavy (non-hydrogen) atoms. The van der Waals surface area contributed by atoms with Gasteiger partial charge in [-0.05, 0) is 63.5 Å². The van der Waals surface area contributed by atoms with E-state index >= 15 is 0 Å². The summed E-state index contributed by atoms with van der Waals surface area (Å²) >= 11 is 0. The average molecular weight is 235 g/mol. The van der Waals surface area contributed by atoms with Crippen molar-refractivity contribution in [2.45, 2.75) is 58.4 Å². The predicted octanol–water partition coefficient (Wildman–Crippen LogP) is 2.82. The van der Waals surface area contributed by atoms with Gasteiger partial charge in [0.25, 0.3) is 0 Å². The van der Waals surface area contributed by atoms with E-state index in [2.05, 4.69) is 29.4 Å². The lowest BCUT2D eigenvalue weighted by Gasteiger charge is -2.27. The number of aromatic amines is 1. The first-order valence-corrected chi connectivity index (χ1v) is 6.98. The van der Waals surface area contributed by atoms with Gasteiger partial charge in [0.1, 0.15) is 0 Å². The number of hydrogen-bond acceptors (Lipinski definition) is 2. The molecule has 0 radical (unpaired) electrons. The molecule has 1 aliphatic carbocycles. The van der Waals surface area contributed by atoms with Crippen LogP contribution in [0, 0.1) is 12.8 Å². The Hall–Kier alpha value is -0.830. The van der Waals surface area contributed by atoms with Gasteiger partial charge in [-0.15, -0.1) is 0 Å². The lowest BCUT2D eigenvalue weighted by atomic mass is 9.87. The molecule has 0 amide bonds. The lowest BCUT2D eigenvalue weighted by Crippen LogP contribution is -2.33. The molecular formula is C14H25N3. The maximum absolute atomic E-state index is 4.05. The van der Waals surface area contributed by atoms with Crippen molar-refractivity contribution in [2.75, 3.05) is 6.54 Å². The summed E-state index contributed by atoms with van der Waals surface area (Å²) < 4.78 is 0. The SMILES string of the molecule is Cc1[nH]ncc1CCCNC1CCC(C)CC1. The molecule has 1 fully saturated rings. The topological polar surface area (TPSA) is 40.7 Å². The summed E-state index contributed by atoms with van der Waals surface area (Å²) in [6.07, 6.45) is 9.84. The third-order valence-corrected chi connectivity index (χ3v) is 4.01. The monoisotopic (exact) mass is 235 g/mol. The third-order valence-electron chi connectivity index (χ3n) is 4.01. The largest absolute Gasteiger partial charge is 0.314 e. The predicted molar refractivity (Wildman–Crippen MR) is 71.1 cm³/mol. The summed E-state index contributed by atoms with van der Waals surface area (Å²) in [5, 5.41) is 10.7. The normalized spacial score (nSPS) is 25.1. The molecule has 0 spiro atoms. The number of aromatic nitrogens is 2. The van der Waals surface area contributed by atoms with Gasteiger partial charge in [0.15, 0.2) is 0 Å². The fraction of sp³-hybridized carbons (Fsp3) is 0.786. The summed E-state index contributed by atoms with van der Waals surface area (Å²) in [6, 6.07) is 0.775. The van der Waals surface area contributed by atoms with Crippen molar-refractivity contribution in [2.24, 2.45) is 5.92 Å². The number of hydrogen-bond donors (Lipinski definition) is 2. The van der Waals surface area contributed by atoms with Crippen LogP contribution in [0.4, 0.5) is 0 Å². The molecule has 3 nitrogen and oxygen atoms in total. The van der Waals surface area contributed by atoms with Crippen molar-refractivity contribution in [3.63, 3.8) is 0 Å². The summed E-state index contributed by atoms with van der Waals surface area (Å²) in [4.78, 5) is 0. The molecule has 2 N–H and O–H groups in total. The first kappa shape index (κ1) is 12.6. The van der Waals surface area contributed by atoms with Crippen LogP contribution in [0.3, 0.4) is 0 Å². The molecule has 0 aliphatic heterocycles. The van der Waals surface area contributed by atoms with E-state index in [1.807, 2.05) is 6.20 Å². The Balaban J connectivity index is 1.59. The van der Waals surface area contributed by atoms with Crippen LogP contribution in [0.5, 0.6) is 0 Å². The van der Waals surface area contributed by atoms with E-state index < -0.39 is 0 Å². The summed E-state index contributed by atoms with van der Waals surface area (Å²) in [7, 11) is 0. The van der Waals surface area contributed by atoms with Crippen molar-refractivity contribution in [1.82, 2.24) is 15.5 Å². The Morgan fingerprint density at radius 3 is 2.76 bits per heavy atom. The van der Waals surface area contributed by atoms with Crippen molar-refractivity contribution in [3.05, 3.63) is 17.5 Å². The van der Waals surface area contributed by atoms with E-state index in [1.165, 1.54) is 43.4 Å². The summed E-state index contributed by atoms with van der Waals surface area (Å²) in [6.45, 7) is 5.61. The molecule has 96 valence electrons. The zero-order valence-electron chi connectivity index (χ0n) is 11.1. The highest BCUT2D eigenvalue weighted by Crippen LogP contribution is 2.23. The molecule has 3 heteroatoms. The highest BCUT2D eigenvalue weighted by molar-refractivity contribution is 5.14. The first-order chi connectivity index (χ1) is 8.25. The van der Waals surface area contributed by atoms with Crippen LogP contribution in [0.2, 0.25) is 0 Å². The standard InChI is InChI=1S/C14H25N3/c1-11-5-7-14(8-6-11)15-9-3-4-13-10-16-17-12(13)2/h10-11,14-15H,3-9H2,1-2H3,(H,16,17). The van der Waals surface area contributed by atoms with Gasteiger partial charge >= 0.3 is 0 Å². The van der Waals surface area contributed by atoms with Gasteiger partial charge < -0.3 is 5.32 Å². The van der Waals surface area contributed by atoms with Crippen LogP contribution in [-0.2, 0) is 6.42 Å². The fourth-order valence-corrected chi connectivity index (χ4v) is 2.68. The van der Waals surface area contributed by atoms with Gasteiger partial charge in [-0.3, -0.25) is 5.10 Å². The molecule has 0 bridgehead atoms. The number of aryl methyl sites for hydroxylation is 2. The highest BCUT2D eigenvalue weighted by Gasteiger charge is 2.16. The third kappa shape index (κ3) is 3.84. The fourth-order valence-electron chi connectivity index (χ4n) is 2.68. The average Bonchev–Trinajstić information content (AvgIpc) is 2.73. The first-order valence-electron chi connectivity index (χ1n) is 6.98. The summed E-state index contributed by atoms with van der Waals surface area (Å²) in [5.74, 6) is 0.946. The molecule has 0 aromatic carbocycles. The zero-order chi connectivity index (χ0) is 12.1. The van der Waals surface area contributed by atoms with Gasteiger partial charge in [0, 0.05) is 11.7 Å². The zero-order valence-corrected chi connectivity index (χ0v) is 11.1. The van der Waals surface area contributed by atoms with Gasteiger partial charge in [-0.1, -0.05) is 6.92 Å². The molecule has 1 heterocycles. The lowest BCUT2D eigenvalue weighted by molar-refractivity contribution is 0.307. The second-order valence-electron chi connectivity index (χ2n) is 5.53. The number of H-pyrrole nitrogens is 1. The van der Waals surface area contributed by atoms with Gasteiger partial charge in [0.2, 0.25) is 0 Å². The van der Waals surface area contributed by atoms with Crippen LogP contribution in [0.15, 0.2) is 6.20 Å². The van der Waals surface area contributed by atoms with Crippen LogP contribution in [-0.4, -0.2) is 22.8 Å². The highest BCUT2D eigenvalue weighted by atomic mass is 15.1. The Bertz CT molecular complexity index is 324. The maximum atomic E-state index is 4.05. The Morgan fingerprint density at radius 2 is 2.12 bits per heavy atom. The van der Waals surface area contributed by atoms with E-state index in [0.29, 0.717) is 0 Å². The van der Waals surface area contributed by atoms with Crippen molar-refractivity contribution in [3.8, 4) is 0 Å². The van der Waals surface area contributed by atoms with E-state index in [0.717, 1.165) is 24.9 Å². The molecule has 0 saturated heterocycles. The molecular weight excluding hydrogens is 210 g/mol. The molecule has 1 saturated carbocycles. The summed E-state index contributed by atoms with van der Waals surface area (Å²) in [5.41, 5.74) is 2.58. The molecule has 1 aliphatic rings. The minimum absolute atomic E-state index is 0.775. The molecule has 2 rings (SSSR count). The van der Waals surface area contributed by atoms with Gasteiger partial charge in [-0.25, -0.2) is 0 Å². The van der Waals surface area contributed by atoms with Crippen molar-refractivity contribution < 1.29 is 0 Å². The molecule has 0 atom stereocenters. The number of rotatable bonds is 5. The number of nitrogens with zero attached hydrogens (tertiary/aromatic N) is 1. The van der Waals surface area contributed by atoms with Gasteiger partial charge in [-0.2, -0.15) is 5.10 Å². The van der Waals surface area contributed by atoms with Crippen molar-refractivity contribution >= 4 is 0 Å². The Kier molecular flexibility index (Phi) is 4.60. The Labute approximate surface area is 104 Å². The second kappa shape index (κ2) is 6.20. The van der Waals surface area contributed by atoms with E-state index in [1.54, 1.807) is 0 Å². The minimum Gasteiger partial charge on any atom is -0.314 e. The quantitative estimate of drug-likeness (QED) is 0.770. The molecule has 0 unspecified atom stereocenters. The molecule has 1 aromatic heterocycles. The van der Waals surface area contributed by atoms with Crippen LogP contribution >= 0.6 is 0 Å². The second-order valence-corrected chi connectivity index (χ2v) is 5.53. The van der Waals surface area contributed by atoms with E-state index in [-0.39, 0.29) is 0 Å². The number of nitrogens with one attached hydrogen (secondary N) is 2. The van der Waals surface area contributed by atoms with Crippen molar-refractivity contribution in [1.29, 1.82) is 0 Å².